The molecule has 1 aromatic carbocycles. The Bertz CT molecular complexity index is 586. The molecule has 23 heavy (non-hydrogen) atoms. The molecule has 0 aromatic heterocycles. The number of rotatable bonds is 5. The topological polar surface area (TPSA) is 59.1 Å². The van der Waals surface area contributed by atoms with Crippen molar-refractivity contribution in [3.8, 4) is 11.5 Å². The van der Waals surface area contributed by atoms with Gasteiger partial charge in [-0.2, -0.15) is 0 Å². The molecule has 1 aliphatic heterocycles. The number of ether oxygens (including phenoxy) is 2. The van der Waals surface area contributed by atoms with Crippen molar-refractivity contribution in [2.24, 2.45) is 5.92 Å². The van der Waals surface area contributed by atoms with E-state index in [1.807, 2.05) is 25.1 Å². The number of hydrogen-bond donors (Lipinski definition) is 0. The number of likely N-dealkylation sites (N-methyl/N-ethyl adjacent to an activating group) is 2. The van der Waals surface area contributed by atoms with E-state index in [1.54, 1.807) is 26.1 Å². The number of carbonyl (C=O) groups excluding carboxylic acids is 2. The van der Waals surface area contributed by atoms with E-state index in [4.69, 9.17) is 9.47 Å². The van der Waals surface area contributed by atoms with Gasteiger partial charge in [0, 0.05) is 26.7 Å². The van der Waals surface area contributed by atoms with Gasteiger partial charge in [-0.15, -0.1) is 0 Å². The predicted octanol–water partition coefficient (Wildman–Crippen LogP) is 1.18. The highest BCUT2D eigenvalue weighted by Crippen LogP contribution is 2.31. The molecule has 0 radical (unpaired) electrons. The summed E-state index contributed by atoms with van der Waals surface area (Å²) in [5.41, 5.74) is 0.991. The van der Waals surface area contributed by atoms with Crippen molar-refractivity contribution in [1.29, 1.82) is 0 Å². The van der Waals surface area contributed by atoms with Crippen LogP contribution in [0.1, 0.15) is 12.5 Å². The van der Waals surface area contributed by atoms with Gasteiger partial charge in [0.2, 0.25) is 11.8 Å². The number of hydrogen-bond acceptors (Lipinski definition) is 4. The third-order valence-electron chi connectivity index (χ3n) is 4.05. The fourth-order valence-corrected chi connectivity index (χ4v) is 2.55. The zero-order chi connectivity index (χ0) is 17.0. The van der Waals surface area contributed by atoms with Gasteiger partial charge < -0.3 is 19.3 Å². The molecular weight excluding hydrogens is 296 g/mol. The first-order valence-corrected chi connectivity index (χ1v) is 7.74. The van der Waals surface area contributed by atoms with Crippen LogP contribution < -0.4 is 9.47 Å². The van der Waals surface area contributed by atoms with Gasteiger partial charge in [-0.3, -0.25) is 9.59 Å². The Hall–Kier alpha value is -2.24. The monoisotopic (exact) mass is 320 g/mol. The summed E-state index contributed by atoms with van der Waals surface area (Å²) < 4.78 is 10.9. The molecule has 2 amide bonds. The fraction of sp³-hybridized carbons (Fsp3) is 0.529. The van der Waals surface area contributed by atoms with Crippen LogP contribution in [0.2, 0.25) is 0 Å². The van der Waals surface area contributed by atoms with Crippen LogP contribution in [0.5, 0.6) is 11.5 Å². The Balaban J connectivity index is 2.06. The van der Waals surface area contributed by atoms with Gasteiger partial charge in [0.15, 0.2) is 0 Å². The fourth-order valence-electron chi connectivity index (χ4n) is 2.55. The highest BCUT2D eigenvalue weighted by atomic mass is 16.5. The maximum atomic E-state index is 12.7. The molecule has 1 aromatic rings. The van der Waals surface area contributed by atoms with Gasteiger partial charge in [0.1, 0.15) is 18.1 Å². The smallest absolute Gasteiger partial charge is 0.241 e. The third kappa shape index (κ3) is 3.94. The van der Waals surface area contributed by atoms with Gasteiger partial charge in [-0.25, -0.2) is 0 Å². The average Bonchev–Trinajstić information content (AvgIpc) is 2.57. The lowest BCUT2D eigenvalue weighted by Gasteiger charge is -2.30. The molecule has 1 atom stereocenters. The quantitative estimate of drug-likeness (QED) is 0.817. The van der Waals surface area contributed by atoms with Gasteiger partial charge in [-0.05, 0) is 25.0 Å². The number of nitrogens with zero attached hydrogens (tertiary/aromatic N) is 2. The molecular formula is C17H24N2O4. The van der Waals surface area contributed by atoms with Crippen molar-refractivity contribution in [1.82, 2.24) is 9.80 Å². The normalized spacial score (nSPS) is 16.1. The largest absolute Gasteiger partial charge is 0.497 e. The summed E-state index contributed by atoms with van der Waals surface area (Å²) in [7, 11) is 4.99. The number of fused-ring (bicyclic) bond motifs is 1. The van der Waals surface area contributed by atoms with Crippen LogP contribution in [0.15, 0.2) is 18.2 Å². The van der Waals surface area contributed by atoms with Crippen LogP contribution in [-0.2, 0) is 16.0 Å². The first-order valence-electron chi connectivity index (χ1n) is 7.74. The molecule has 6 nitrogen and oxygen atoms in total. The van der Waals surface area contributed by atoms with Gasteiger partial charge in [0.05, 0.1) is 19.6 Å². The Morgan fingerprint density at radius 1 is 1.35 bits per heavy atom. The molecule has 0 aliphatic carbocycles. The second kappa shape index (κ2) is 7.35. The molecule has 126 valence electrons. The molecule has 0 spiro atoms. The zero-order valence-corrected chi connectivity index (χ0v) is 14.2. The molecule has 0 saturated carbocycles. The standard InChI is InChI=1S/C17H24N2O4/c1-5-19(10-16(20)18(2)3)17(21)13-8-12-6-7-14(22-4)9-15(12)23-11-13/h6-7,9,13H,5,8,10-11H2,1-4H3/t13-/m0/s1. The van der Waals surface area contributed by atoms with E-state index in [9.17, 15) is 9.59 Å². The Morgan fingerprint density at radius 3 is 2.70 bits per heavy atom. The van der Waals surface area contributed by atoms with Crippen LogP contribution in [0.3, 0.4) is 0 Å². The van der Waals surface area contributed by atoms with E-state index in [-0.39, 0.29) is 24.3 Å². The number of methoxy groups -OCH3 is 1. The van der Waals surface area contributed by atoms with Crippen molar-refractivity contribution < 1.29 is 19.1 Å². The van der Waals surface area contributed by atoms with Crippen LogP contribution >= 0.6 is 0 Å². The van der Waals surface area contributed by atoms with Gasteiger partial charge in [-0.1, -0.05) is 6.07 Å². The SMILES string of the molecule is CCN(CC(=O)N(C)C)C(=O)[C@@H]1COc2cc(OC)ccc2C1. The lowest BCUT2D eigenvalue weighted by Crippen LogP contribution is -2.45. The van der Waals surface area contributed by atoms with E-state index in [0.717, 1.165) is 17.1 Å². The van der Waals surface area contributed by atoms with Crippen molar-refractivity contribution in [2.45, 2.75) is 13.3 Å². The predicted molar refractivity (Wildman–Crippen MR) is 86.6 cm³/mol. The molecule has 2 rings (SSSR count). The maximum absolute atomic E-state index is 12.7. The molecule has 0 fully saturated rings. The number of benzene rings is 1. The minimum atomic E-state index is -0.259. The number of carbonyl (C=O) groups is 2. The van der Waals surface area contributed by atoms with E-state index in [2.05, 4.69) is 0 Å². The van der Waals surface area contributed by atoms with Crippen molar-refractivity contribution >= 4 is 11.8 Å². The second-order valence-corrected chi connectivity index (χ2v) is 5.83. The lowest BCUT2D eigenvalue weighted by atomic mass is 9.95. The minimum absolute atomic E-state index is 0.0378. The summed E-state index contributed by atoms with van der Waals surface area (Å²) in [6.07, 6.45) is 0.616. The molecule has 0 bridgehead atoms. The molecule has 0 N–H and O–H groups in total. The lowest BCUT2D eigenvalue weighted by molar-refractivity contribution is -0.142. The molecule has 1 aliphatic rings. The summed E-state index contributed by atoms with van der Waals surface area (Å²) in [6.45, 7) is 2.81. The minimum Gasteiger partial charge on any atom is -0.497 e. The molecule has 6 heteroatoms. The highest BCUT2D eigenvalue weighted by molar-refractivity contribution is 5.86. The van der Waals surface area contributed by atoms with Crippen LogP contribution in [0, 0.1) is 5.92 Å². The first kappa shape index (κ1) is 17.1. The summed E-state index contributed by atoms with van der Waals surface area (Å²) >= 11 is 0. The van der Waals surface area contributed by atoms with E-state index in [1.165, 1.54) is 4.90 Å². The van der Waals surface area contributed by atoms with Crippen LogP contribution in [0.4, 0.5) is 0 Å². The van der Waals surface area contributed by atoms with E-state index < -0.39 is 0 Å². The third-order valence-corrected chi connectivity index (χ3v) is 4.05. The van der Waals surface area contributed by atoms with Crippen LogP contribution in [0.25, 0.3) is 0 Å². The molecule has 1 heterocycles. The second-order valence-electron chi connectivity index (χ2n) is 5.83. The maximum Gasteiger partial charge on any atom is 0.241 e. The summed E-state index contributed by atoms with van der Waals surface area (Å²) in [5.74, 6) is 1.12. The average molecular weight is 320 g/mol. The van der Waals surface area contributed by atoms with E-state index >= 15 is 0 Å². The number of amides is 2. The first-order chi connectivity index (χ1) is 11.0. The van der Waals surface area contributed by atoms with Crippen LogP contribution in [-0.4, -0.2) is 62.5 Å². The summed E-state index contributed by atoms with van der Waals surface area (Å²) in [4.78, 5) is 27.6. The Labute approximate surface area is 137 Å². The molecule has 0 unspecified atom stereocenters. The zero-order valence-electron chi connectivity index (χ0n) is 14.2. The van der Waals surface area contributed by atoms with E-state index in [0.29, 0.717) is 19.6 Å². The van der Waals surface area contributed by atoms with Crippen molar-refractivity contribution in [3.63, 3.8) is 0 Å². The van der Waals surface area contributed by atoms with Crippen molar-refractivity contribution in [2.75, 3.05) is 40.9 Å². The summed E-state index contributed by atoms with van der Waals surface area (Å²) in [6, 6.07) is 5.63. The Kier molecular flexibility index (Phi) is 5.47. The molecule has 0 saturated heterocycles. The van der Waals surface area contributed by atoms with Crippen molar-refractivity contribution in [3.05, 3.63) is 23.8 Å². The highest BCUT2D eigenvalue weighted by Gasteiger charge is 2.30. The summed E-state index contributed by atoms with van der Waals surface area (Å²) in [5, 5.41) is 0. The van der Waals surface area contributed by atoms with Gasteiger partial charge >= 0.3 is 0 Å². The Morgan fingerprint density at radius 2 is 2.09 bits per heavy atom. The van der Waals surface area contributed by atoms with Gasteiger partial charge in [0.25, 0.3) is 0 Å².